The van der Waals surface area contributed by atoms with Gasteiger partial charge in [0, 0.05) is 11.6 Å². The molecule has 0 fully saturated rings. The number of phenolic OH excluding ortho intramolecular Hbond substituents is 1. The number of rotatable bonds is 2. The van der Waals surface area contributed by atoms with E-state index in [9.17, 15) is 14.7 Å². The first-order valence-electron chi connectivity index (χ1n) is 6.53. The first-order valence-corrected chi connectivity index (χ1v) is 6.53. The van der Waals surface area contributed by atoms with Crippen LogP contribution in [0.25, 0.3) is 0 Å². The van der Waals surface area contributed by atoms with Crippen molar-refractivity contribution in [1.29, 1.82) is 0 Å². The van der Waals surface area contributed by atoms with Crippen molar-refractivity contribution in [1.82, 2.24) is 0 Å². The molecule has 20 heavy (non-hydrogen) atoms. The highest BCUT2D eigenvalue weighted by atomic mass is 16.5. The molecule has 1 aliphatic carbocycles. The van der Waals surface area contributed by atoms with Crippen LogP contribution in [0, 0.1) is 11.8 Å². The first kappa shape index (κ1) is 12.7. The molecular weight excluding hydrogens is 256 g/mol. The van der Waals surface area contributed by atoms with E-state index in [2.05, 4.69) is 0 Å². The number of ketones is 2. The number of carbonyl (C=O) groups is 2. The Kier molecular flexibility index (Phi) is 2.93. The normalized spacial score (nSPS) is 24.6. The third-order valence-corrected chi connectivity index (χ3v) is 3.83. The van der Waals surface area contributed by atoms with Gasteiger partial charge < -0.3 is 9.84 Å². The molecule has 102 valence electrons. The third-order valence-electron chi connectivity index (χ3n) is 3.83. The van der Waals surface area contributed by atoms with E-state index in [-0.39, 0.29) is 34.7 Å². The number of phenols is 1. The summed E-state index contributed by atoms with van der Waals surface area (Å²) in [5, 5.41) is 9.81. The fraction of sp³-hybridized carbons (Fsp3) is 0.250. The van der Waals surface area contributed by atoms with Crippen LogP contribution in [-0.2, 0) is 9.53 Å². The Hall–Kier alpha value is -2.36. The molecule has 4 nitrogen and oxygen atoms in total. The summed E-state index contributed by atoms with van der Waals surface area (Å²) >= 11 is 0. The molecule has 2 unspecified atom stereocenters. The smallest absolute Gasteiger partial charge is 0.196 e. The molecule has 1 aromatic rings. The van der Waals surface area contributed by atoms with E-state index in [1.807, 2.05) is 6.92 Å². The van der Waals surface area contributed by atoms with Gasteiger partial charge in [0.1, 0.15) is 11.5 Å². The second kappa shape index (κ2) is 4.63. The predicted octanol–water partition coefficient (Wildman–Crippen LogP) is 2.60. The fourth-order valence-electron chi connectivity index (χ4n) is 2.84. The third kappa shape index (κ3) is 1.84. The second-order valence-electron chi connectivity index (χ2n) is 5.14. The van der Waals surface area contributed by atoms with E-state index in [0.717, 1.165) is 0 Å². The highest BCUT2D eigenvalue weighted by Gasteiger charge is 2.41. The summed E-state index contributed by atoms with van der Waals surface area (Å²) < 4.78 is 5.41. The lowest BCUT2D eigenvalue weighted by Gasteiger charge is -2.15. The average molecular weight is 270 g/mol. The van der Waals surface area contributed by atoms with Gasteiger partial charge in [-0.05, 0) is 24.5 Å². The number of para-hydroxylation sites is 1. The van der Waals surface area contributed by atoms with Gasteiger partial charge in [0.25, 0.3) is 0 Å². The molecule has 0 saturated carbocycles. The molecule has 0 amide bonds. The molecule has 1 aromatic carbocycles. The van der Waals surface area contributed by atoms with E-state index in [1.54, 1.807) is 18.2 Å². The Labute approximate surface area is 116 Å². The first-order chi connectivity index (χ1) is 9.59. The van der Waals surface area contributed by atoms with Gasteiger partial charge in [0.05, 0.1) is 17.7 Å². The Morgan fingerprint density at radius 2 is 2.10 bits per heavy atom. The highest BCUT2D eigenvalue weighted by Crippen LogP contribution is 2.42. The summed E-state index contributed by atoms with van der Waals surface area (Å²) in [5.74, 6) is -0.336. The minimum absolute atomic E-state index is 0.0295. The van der Waals surface area contributed by atoms with Gasteiger partial charge in [-0.1, -0.05) is 19.1 Å². The van der Waals surface area contributed by atoms with Gasteiger partial charge in [-0.25, -0.2) is 0 Å². The summed E-state index contributed by atoms with van der Waals surface area (Å²) in [4.78, 5) is 24.4. The molecule has 1 N–H and O–H groups in total. The molecule has 0 bridgehead atoms. The molecule has 0 radical (unpaired) electrons. The average Bonchev–Trinajstić information content (AvgIpc) is 2.76. The molecule has 1 aliphatic heterocycles. The number of hydrogen-bond acceptors (Lipinski definition) is 4. The summed E-state index contributed by atoms with van der Waals surface area (Å²) in [5.41, 5.74) is 0.738. The van der Waals surface area contributed by atoms with Crippen molar-refractivity contribution in [2.75, 3.05) is 0 Å². The minimum Gasteiger partial charge on any atom is -0.507 e. The maximum absolute atomic E-state index is 12.6. The lowest BCUT2D eigenvalue weighted by atomic mass is 9.94. The topological polar surface area (TPSA) is 63.6 Å². The van der Waals surface area contributed by atoms with Crippen LogP contribution in [0.5, 0.6) is 5.75 Å². The second-order valence-corrected chi connectivity index (χ2v) is 5.14. The lowest BCUT2D eigenvalue weighted by molar-refractivity contribution is -0.118. The van der Waals surface area contributed by atoms with Crippen molar-refractivity contribution >= 4 is 11.6 Å². The van der Waals surface area contributed by atoms with E-state index >= 15 is 0 Å². The monoisotopic (exact) mass is 270 g/mol. The van der Waals surface area contributed by atoms with Crippen molar-refractivity contribution in [3.63, 3.8) is 0 Å². The summed E-state index contributed by atoms with van der Waals surface area (Å²) in [7, 11) is 0. The zero-order valence-electron chi connectivity index (χ0n) is 11.0. The molecule has 2 atom stereocenters. The van der Waals surface area contributed by atoms with E-state index in [1.165, 1.54) is 18.4 Å². The predicted molar refractivity (Wildman–Crippen MR) is 72.0 cm³/mol. The SMILES string of the molecule is CC1CC2C(=O)C=COC2=C1C(=O)c1ccccc1O. The Bertz CT molecular complexity index is 654. The Morgan fingerprint density at radius 3 is 2.85 bits per heavy atom. The molecule has 0 aromatic heterocycles. The Morgan fingerprint density at radius 1 is 1.35 bits per heavy atom. The quantitative estimate of drug-likeness (QED) is 0.839. The summed E-state index contributed by atoms with van der Waals surface area (Å²) in [6.45, 7) is 1.90. The maximum Gasteiger partial charge on any atom is 0.196 e. The van der Waals surface area contributed by atoms with Gasteiger partial charge in [-0.15, -0.1) is 0 Å². The number of aromatic hydroxyl groups is 1. The van der Waals surface area contributed by atoms with Gasteiger partial charge in [0.2, 0.25) is 0 Å². The largest absolute Gasteiger partial charge is 0.507 e. The minimum atomic E-state index is -0.361. The number of hydrogen-bond donors (Lipinski definition) is 1. The van der Waals surface area contributed by atoms with Gasteiger partial charge >= 0.3 is 0 Å². The van der Waals surface area contributed by atoms with Gasteiger partial charge in [0.15, 0.2) is 11.6 Å². The van der Waals surface area contributed by atoms with Crippen molar-refractivity contribution in [2.24, 2.45) is 11.8 Å². The van der Waals surface area contributed by atoms with Crippen LogP contribution >= 0.6 is 0 Å². The summed E-state index contributed by atoms with van der Waals surface area (Å²) in [6, 6.07) is 6.41. The van der Waals surface area contributed by atoms with Crippen LogP contribution in [0.1, 0.15) is 23.7 Å². The zero-order chi connectivity index (χ0) is 14.3. The highest BCUT2D eigenvalue weighted by molar-refractivity contribution is 6.12. The molecule has 4 heteroatoms. The number of ether oxygens (including phenoxy) is 1. The van der Waals surface area contributed by atoms with Crippen LogP contribution in [-0.4, -0.2) is 16.7 Å². The van der Waals surface area contributed by atoms with Crippen LogP contribution in [0.15, 0.2) is 47.9 Å². The van der Waals surface area contributed by atoms with E-state index < -0.39 is 0 Å². The number of carbonyl (C=O) groups excluding carboxylic acids is 2. The van der Waals surface area contributed by atoms with Crippen molar-refractivity contribution in [3.8, 4) is 5.75 Å². The van der Waals surface area contributed by atoms with Crippen molar-refractivity contribution in [3.05, 3.63) is 53.5 Å². The fourth-order valence-corrected chi connectivity index (χ4v) is 2.84. The molecular formula is C16H14O4. The molecule has 1 heterocycles. The number of fused-ring (bicyclic) bond motifs is 1. The number of allylic oxidation sites excluding steroid dienone is 3. The van der Waals surface area contributed by atoms with Crippen LogP contribution in [0.4, 0.5) is 0 Å². The van der Waals surface area contributed by atoms with Gasteiger partial charge in [-0.3, -0.25) is 9.59 Å². The molecule has 0 spiro atoms. The summed E-state index contributed by atoms with van der Waals surface area (Å²) in [6.07, 6.45) is 3.30. The Balaban J connectivity index is 2.07. The number of Topliss-reactive ketones (excluding diaryl/α,β-unsaturated/α-hetero) is 1. The van der Waals surface area contributed by atoms with E-state index in [4.69, 9.17) is 4.74 Å². The van der Waals surface area contributed by atoms with Crippen molar-refractivity contribution < 1.29 is 19.4 Å². The van der Waals surface area contributed by atoms with Crippen LogP contribution in [0.3, 0.4) is 0 Å². The van der Waals surface area contributed by atoms with Crippen molar-refractivity contribution in [2.45, 2.75) is 13.3 Å². The zero-order valence-corrected chi connectivity index (χ0v) is 11.0. The lowest BCUT2D eigenvalue weighted by Crippen LogP contribution is -2.17. The molecule has 3 rings (SSSR count). The molecule has 0 saturated heterocycles. The number of benzene rings is 1. The van der Waals surface area contributed by atoms with Crippen LogP contribution < -0.4 is 0 Å². The molecule has 2 aliphatic rings. The van der Waals surface area contributed by atoms with Crippen LogP contribution in [0.2, 0.25) is 0 Å². The standard InChI is InChI=1S/C16H14O4/c1-9-8-11-13(18)6-7-20-16(11)14(9)15(19)10-4-2-3-5-12(10)17/h2-7,9,11,17H,8H2,1H3. The van der Waals surface area contributed by atoms with Gasteiger partial charge in [-0.2, -0.15) is 0 Å². The van der Waals surface area contributed by atoms with E-state index in [0.29, 0.717) is 17.8 Å². The maximum atomic E-state index is 12.6.